The van der Waals surface area contributed by atoms with Crippen LogP contribution < -0.4 is 0 Å². The van der Waals surface area contributed by atoms with Gasteiger partial charge in [-0.3, -0.25) is 0 Å². The number of benzene rings is 2. The van der Waals surface area contributed by atoms with Crippen molar-refractivity contribution in [2.75, 3.05) is 13.2 Å². The number of rotatable bonds is 6. The normalized spacial score (nSPS) is 27.8. The molecule has 2 fully saturated rings. The highest BCUT2D eigenvalue weighted by atomic mass is 16.7. The van der Waals surface area contributed by atoms with Crippen molar-refractivity contribution in [2.24, 2.45) is 0 Å². The van der Waals surface area contributed by atoms with E-state index in [0.717, 1.165) is 11.1 Å². The zero-order valence-corrected chi connectivity index (χ0v) is 16.2. The molecule has 0 amide bonds. The lowest BCUT2D eigenvalue weighted by molar-refractivity contribution is -0.0927. The molecule has 3 unspecified atom stereocenters. The van der Waals surface area contributed by atoms with Gasteiger partial charge < -0.3 is 24.4 Å². The summed E-state index contributed by atoms with van der Waals surface area (Å²) in [5, 5.41) is 21.2. The maximum absolute atomic E-state index is 10.9. The Kier molecular flexibility index (Phi) is 4.04. The summed E-state index contributed by atoms with van der Waals surface area (Å²) in [6.45, 7) is 8.99. The Bertz CT molecular complexity index is 859. The minimum absolute atomic E-state index is 0.0643. The van der Waals surface area contributed by atoms with Crippen molar-refractivity contribution in [3.63, 3.8) is 0 Å². The number of hydrogen-bond donors (Lipinski definition) is 2. The molecule has 2 aliphatic heterocycles. The third-order valence-corrected chi connectivity index (χ3v) is 6.16. The summed E-state index contributed by atoms with van der Waals surface area (Å²) < 4.78 is 17.8. The first-order valence-electron chi connectivity index (χ1n) is 9.26. The summed E-state index contributed by atoms with van der Waals surface area (Å²) >= 11 is 0. The molecule has 0 radical (unpaired) electrons. The topological polar surface area (TPSA) is 74.8 Å². The number of hydrogen-bond acceptors (Lipinski definition) is 5. The van der Waals surface area contributed by atoms with Crippen molar-refractivity contribution >= 4 is 0 Å². The Morgan fingerprint density at radius 1 is 1.11 bits per heavy atom. The molecule has 2 aliphatic rings. The van der Waals surface area contributed by atoms with Gasteiger partial charge in [0.15, 0.2) is 11.5 Å². The first kappa shape index (κ1) is 18.3. The van der Waals surface area contributed by atoms with Crippen LogP contribution in [0.25, 0.3) is 11.1 Å². The summed E-state index contributed by atoms with van der Waals surface area (Å²) in [5.41, 5.74) is 0.167. The highest BCUT2D eigenvalue weighted by Gasteiger charge is 2.72. The Hall–Kier alpha value is -2.08. The first-order chi connectivity index (χ1) is 12.7. The van der Waals surface area contributed by atoms with Crippen LogP contribution in [0.3, 0.4) is 0 Å². The molecule has 2 saturated heterocycles. The molecule has 2 aromatic carbocycles. The lowest BCUT2D eigenvalue weighted by atomic mass is 9.74. The molecule has 2 aromatic rings. The van der Waals surface area contributed by atoms with E-state index >= 15 is 0 Å². The average Bonchev–Trinajstić information content (AvgIpc) is 3.54. The summed E-state index contributed by atoms with van der Waals surface area (Å²) in [5.74, 6) is -0.354. The van der Waals surface area contributed by atoms with Crippen LogP contribution in [-0.4, -0.2) is 40.7 Å². The molecule has 2 heterocycles. The number of phenols is 2. The van der Waals surface area contributed by atoms with Gasteiger partial charge in [-0.2, -0.15) is 0 Å². The Balaban J connectivity index is 1.90. The second-order valence-corrected chi connectivity index (χ2v) is 8.17. The average molecular weight is 370 g/mol. The van der Waals surface area contributed by atoms with Crippen molar-refractivity contribution in [1.29, 1.82) is 0 Å². The van der Waals surface area contributed by atoms with Gasteiger partial charge in [0, 0.05) is 5.56 Å². The molecule has 0 aliphatic carbocycles. The van der Waals surface area contributed by atoms with Crippen molar-refractivity contribution < 1.29 is 24.4 Å². The molecule has 2 N–H and O–H groups in total. The van der Waals surface area contributed by atoms with Crippen LogP contribution in [0, 0.1) is 0 Å². The number of ether oxygens (including phenoxy) is 3. The van der Waals surface area contributed by atoms with Gasteiger partial charge in [-0.1, -0.05) is 36.4 Å². The van der Waals surface area contributed by atoms with Gasteiger partial charge >= 0.3 is 0 Å². The molecule has 5 nitrogen and oxygen atoms in total. The monoisotopic (exact) mass is 370 g/mol. The van der Waals surface area contributed by atoms with Crippen LogP contribution in [0.15, 0.2) is 42.5 Å². The predicted molar refractivity (Wildman–Crippen MR) is 102 cm³/mol. The second kappa shape index (κ2) is 5.96. The van der Waals surface area contributed by atoms with Gasteiger partial charge in [-0.25, -0.2) is 0 Å². The van der Waals surface area contributed by atoms with Crippen molar-refractivity contribution in [2.45, 2.75) is 50.6 Å². The quantitative estimate of drug-likeness (QED) is 0.595. The molecular formula is C22H26O5. The fourth-order valence-corrected chi connectivity index (χ4v) is 3.95. The Morgan fingerprint density at radius 3 is 2.30 bits per heavy atom. The summed E-state index contributed by atoms with van der Waals surface area (Å²) in [7, 11) is 0. The van der Waals surface area contributed by atoms with Crippen LogP contribution in [0.5, 0.6) is 11.5 Å². The first-order valence-corrected chi connectivity index (χ1v) is 9.26. The molecule has 0 saturated carbocycles. The standard InChI is InChI=1S/C22H26O5/c1-20(2)22(4,27-20)21(3,26-13-15-12-25-15)18-16(10-11-17(23)19(18)24)14-8-6-5-7-9-14/h5-11,15,23-24H,12-13H2,1-4H3. The maximum atomic E-state index is 10.9. The summed E-state index contributed by atoms with van der Waals surface area (Å²) in [4.78, 5) is 0. The van der Waals surface area contributed by atoms with Gasteiger partial charge in [-0.15, -0.1) is 0 Å². The van der Waals surface area contributed by atoms with Gasteiger partial charge in [0.05, 0.1) is 18.8 Å². The summed E-state index contributed by atoms with van der Waals surface area (Å²) in [6.07, 6.45) is 0.0643. The molecule has 0 aromatic heterocycles. The highest BCUT2D eigenvalue weighted by Crippen LogP contribution is 2.62. The smallest absolute Gasteiger partial charge is 0.164 e. The number of phenolic OH excluding ortho intramolecular Hbond substituents is 2. The van der Waals surface area contributed by atoms with E-state index in [1.54, 1.807) is 0 Å². The third kappa shape index (κ3) is 2.81. The molecular weight excluding hydrogens is 344 g/mol. The van der Waals surface area contributed by atoms with E-state index in [1.165, 1.54) is 6.07 Å². The van der Waals surface area contributed by atoms with E-state index in [-0.39, 0.29) is 17.6 Å². The molecule has 144 valence electrons. The van der Waals surface area contributed by atoms with Crippen LogP contribution in [0.2, 0.25) is 0 Å². The van der Waals surface area contributed by atoms with E-state index in [0.29, 0.717) is 18.8 Å². The minimum Gasteiger partial charge on any atom is -0.504 e. The van der Waals surface area contributed by atoms with Crippen molar-refractivity contribution in [1.82, 2.24) is 0 Å². The number of aromatic hydroxyl groups is 2. The fraction of sp³-hybridized carbons (Fsp3) is 0.455. The van der Waals surface area contributed by atoms with Gasteiger partial charge in [0.25, 0.3) is 0 Å². The zero-order valence-electron chi connectivity index (χ0n) is 16.2. The van der Waals surface area contributed by atoms with Gasteiger partial charge in [0.2, 0.25) is 0 Å². The summed E-state index contributed by atoms with van der Waals surface area (Å²) in [6, 6.07) is 13.1. The molecule has 27 heavy (non-hydrogen) atoms. The van der Waals surface area contributed by atoms with E-state index in [1.807, 2.05) is 64.1 Å². The maximum Gasteiger partial charge on any atom is 0.164 e. The minimum atomic E-state index is -0.990. The van der Waals surface area contributed by atoms with Crippen molar-refractivity contribution in [3.05, 3.63) is 48.0 Å². The Morgan fingerprint density at radius 2 is 1.74 bits per heavy atom. The lowest BCUT2D eigenvalue weighted by Crippen LogP contribution is -2.45. The molecule has 0 spiro atoms. The lowest BCUT2D eigenvalue weighted by Gasteiger charge is -2.37. The van der Waals surface area contributed by atoms with Gasteiger partial charge in [0.1, 0.15) is 17.3 Å². The second-order valence-electron chi connectivity index (χ2n) is 8.17. The van der Waals surface area contributed by atoms with Crippen LogP contribution >= 0.6 is 0 Å². The fourth-order valence-electron chi connectivity index (χ4n) is 3.95. The number of epoxide rings is 2. The van der Waals surface area contributed by atoms with E-state index < -0.39 is 16.8 Å². The Labute approximate surface area is 159 Å². The van der Waals surface area contributed by atoms with Gasteiger partial charge in [-0.05, 0) is 44.9 Å². The molecule has 3 atom stereocenters. The van der Waals surface area contributed by atoms with E-state index in [2.05, 4.69) is 0 Å². The van der Waals surface area contributed by atoms with Crippen LogP contribution in [0.1, 0.15) is 33.3 Å². The largest absolute Gasteiger partial charge is 0.504 e. The predicted octanol–water partition coefficient (Wildman–Crippen LogP) is 3.96. The molecule has 0 bridgehead atoms. The molecule has 5 heteroatoms. The SMILES string of the molecule is CC1(C)OC1(C)C(C)(OCC1CO1)c1c(-c2ccccc2)ccc(O)c1O. The van der Waals surface area contributed by atoms with Crippen LogP contribution in [-0.2, 0) is 19.8 Å². The van der Waals surface area contributed by atoms with E-state index in [9.17, 15) is 10.2 Å². The zero-order chi connectivity index (χ0) is 19.4. The highest BCUT2D eigenvalue weighted by molar-refractivity contribution is 5.74. The third-order valence-electron chi connectivity index (χ3n) is 6.16. The van der Waals surface area contributed by atoms with Crippen molar-refractivity contribution in [3.8, 4) is 22.6 Å². The van der Waals surface area contributed by atoms with E-state index in [4.69, 9.17) is 14.2 Å². The molecule has 4 rings (SSSR count). The van der Waals surface area contributed by atoms with Crippen LogP contribution in [0.4, 0.5) is 0 Å².